The van der Waals surface area contributed by atoms with Crippen molar-refractivity contribution in [2.45, 2.75) is 25.3 Å². The normalized spacial score (nSPS) is 11.8. The van der Waals surface area contributed by atoms with E-state index in [1.54, 1.807) is 42.8 Å². The predicted octanol–water partition coefficient (Wildman–Crippen LogP) is 3.02. The Hall–Kier alpha value is -3.27. The maximum atomic E-state index is 13.1. The summed E-state index contributed by atoms with van der Waals surface area (Å²) in [5.41, 5.74) is 2.90. The smallest absolute Gasteiger partial charge is 0.264 e. The van der Waals surface area contributed by atoms with Crippen LogP contribution in [0.3, 0.4) is 0 Å². The van der Waals surface area contributed by atoms with E-state index in [9.17, 15) is 12.8 Å². The highest BCUT2D eigenvalue weighted by atomic mass is 32.2. The molecule has 0 atom stereocenters. The van der Waals surface area contributed by atoms with Crippen molar-refractivity contribution >= 4 is 26.7 Å². The van der Waals surface area contributed by atoms with Crippen molar-refractivity contribution in [2.24, 2.45) is 0 Å². The van der Waals surface area contributed by atoms with E-state index in [1.165, 1.54) is 18.2 Å². The molecule has 8 nitrogen and oxygen atoms in total. The molecule has 2 heterocycles. The van der Waals surface area contributed by atoms with Crippen LogP contribution in [0.15, 0.2) is 52.0 Å². The number of aryl methyl sites for hydroxylation is 1. The van der Waals surface area contributed by atoms with E-state index in [2.05, 4.69) is 24.8 Å². The minimum Gasteiger partial charge on any atom is -0.276 e. The third-order valence-corrected chi connectivity index (χ3v) is 5.78. The summed E-state index contributed by atoms with van der Waals surface area (Å²) < 4.78 is 47.8. The van der Waals surface area contributed by atoms with Crippen LogP contribution in [0.5, 0.6) is 0 Å². The molecule has 0 aliphatic heterocycles. The van der Waals surface area contributed by atoms with Gasteiger partial charge in [-0.3, -0.25) is 9.40 Å². The lowest BCUT2D eigenvalue weighted by Gasteiger charge is -2.09. The van der Waals surface area contributed by atoms with Crippen molar-refractivity contribution in [1.82, 2.24) is 20.1 Å². The zero-order valence-electron chi connectivity index (χ0n) is 15.0. The van der Waals surface area contributed by atoms with Crippen LogP contribution in [0.1, 0.15) is 17.0 Å². The molecule has 144 valence electrons. The van der Waals surface area contributed by atoms with Gasteiger partial charge in [-0.15, -0.1) is 0 Å². The Morgan fingerprint density at radius 3 is 2.61 bits per heavy atom. The highest BCUT2D eigenvalue weighted by Crippen LogP contribution is 2.26. The molecule has 2 aromatic carbocycles. The summed E-state index contributed by atoms with van der Waals surface area (Å²) in [7, 11) is -3.94. The first-order valence-electron chi connectivity index (χ1n) is 8.38. The molecule has 0 fully saturated rings. The first-order valence-corrected chi connectivity index (χ1v) is 9.86. The van der Waals surface area contributed by atoms with Gasteiger partial charge in [0.05, 0.1) is 23.6 Å². The van der Waals surface area contributed by atoms with Crippen molar-refractivity contribution in [1.29, 1.82) is 0 Å². The number of anilines is 1. The summed E-state index contributed by atoms with van der Waals surface area (Å²) in [6.45, 7) is 3.86. The van der Waals surface area contributed by atoms with Gasteiger partial charge in [-0.25, -0.2) is 17.4 Å². The monoisotopic (exact) mass is 401 g/mol. The SMILES string of the molecule is Cc1nn(Cc2ccc(F)cc2)c(C)c1NS(=O)(=O)c1cccc2nonc12. The van der Waals surface area contributed by atoms with E-state index >= 15 is 0 Å². The van der Waals surface area contributed by atoms with E-state index in [1.807, 2.05) is 0 Å². The Morgan fingerprint density at radius 2 is 1.86 bits per heavy atom. The van der Waals surface area contributed by atoms with Gasteiger partial charge in [-0.1, -0.05) is 18.2 Å². The molecule has 0 saturated carbocycles. The van der Waals surface area contributed by atoms with E-state index in [4.69, 9.17) is 0 Å². The van der Waals surface area contributed by atoms with Gasteiger partial charge in [0.2, 0.25) is 0 Å². The van der Waals surface area contributed by atoms with E-state index in [-0.39, 0.29) is 16.2 Å². The van der Waals surface area contributed by atoms with Gasteiger partial charge in [0, 0.05) is 0 Å². The van der Waals surface area contributed by atoms with Crippen LogP contribution < -0.4 is 4.72 Å². The van der Waals surface area contributed by atoms with Gasteiger partial charge in [-0.2, -0.15) is 5.10 Å². The second-order valence-corrected chi connectivity index (χ2v) is 7.97. The quantitative estimate of drug-likeness (QED) is 0.551. The van der Waals surface area contributed by atoms with Crippen molar-refractivity contribution in [2.75, 3.05) is 4.72 Å². The number of sulfonamides is 1. The number of halogens is 1. The number of benzene rings is 2. The third kappa shape index (κ3) is 3.22. The Morgan fingerprint density at radius 1 is 1.11 bits per heavy atom. The predicted molar refractivity (Wildman–Crippen MR) is 99.8 cm³/mol. The number of hydrogen-bond donors (Lipinski definition) is 1. The molecule has 10 heteroatoms. The zero-order valence-corrected chi connectivity index (χ0v) is 15.9. The molecule has 0 saturated heterocycles. The second-order valence-electron chi connectivity index (χ2n) is 6.32. The summed E-state index contributed by atoms with van der Waals surface area (Å²) in [4.78, 5) is -0.0312. The van der Waals surface area contributed by atoms with Crippen LogP contribution in [0.2, 0.25) is 0 Å². The van der Waals surface area contributed by atoms with Gasteiger partial charge in [-0.05, 0) is 54.0 Å². The van der Waals surface area contributed by atoms with Crippen LogP contribution in [-0.4, -0.2) is 28.5 Å². The maximum absolute atomic E-state index is 13.1. The molecule has 4 rings (SSSR count). The fourth-order valence-electron chi connectivity index (χ4n) is 2.95. The maximum Gasteiger partial charge on any atom is 0.264 e. The average molecular weight is 401 g/mol. The van der Waals surface area contributed by atoms with Gasteiger partial charge >= 0.3 is 0 Å². The Labute approximate surface area is 160 Å². The first-order chi connectivity index (χ1) is 13.3. The summed E-state index contributed by atoms with van der Waals surface area (Å²) >= 11 is 0. The molecule has 0 aliphatic carbocycles. The van der Waals surface area contributed by atoms with Crippen LogP contribution >= 0.6 is 0 Å². The van der Waals surface area contributed by atoms with Crippen molar-refractivity contribution in [3.05, 3.63) is 65.2 Å². The molecule has 28 heavy (non-hydrogen) atoms. The largest absolute Gasteiger partial charge is 0.276 e. The van der Waals surface area contributed by atoms with E-state index < -0.39 is 10.0 Å². The van der Waals surface area contributed by atoms with Crippen molar-refractivity contribution < 1.29 is 17.4 Å². The molecule has 0 unspecified atom stereocenters. The van der Waals surface area contributed by atoms with E-state index in [0.717, 1.165) is 5.56 Å². The summed E-state index contributed by atoms with van der Waals surface area (Å²) in [6.07, 6.45) is 0. The Kier molecular flexibility index (Phi) is 4.34. The van der Waals surface area contributed by atoms with Crippen LogP contribution in [0.4, 0.5) is 10.1 Å². The van der Waals surface area contributed by atoms with Crippen molar-refractivity contribution in [3.8, 4) is 0 Å². The lowest BCUT2D eigenvalue weighted by Crippen LogP contribution is -2.15. The van der Waals surface area contributed by atoms with Crippen LogP contribution in [0, 0.1) is 19.7 Å². The van der Waals surface area contributed by atoms with Gasteiger partial charge < -0.3 is 0 Å². The highest BCUT2D eigenvalue weighted by molar-refractivity contribution is 7.93. The third-order valence-electron chi connectivity index (χ3n) is 4.40. The minimum absolute atomic E-state index is 0.0312. The molecule has 0 amide bonds. The topological polar surface area (TPSA) is 103 Å². The number of nitrogens with one attached hydrogen (secondary N) is 1. The lowest BCUT2D eigenvalue weighted by molar-refractivity contribution is 0.315. The molecular formula is C18H16FN5O3S. The highest BCUT2D eigenvalue weighted by Gasteiger charge is 2.23. The first kappa shape index (κ1) is 18.1. The molecule has 0 radical (unpaired) electrons. The fraction of sp³-hybridized carbons (Fsp3) is 0.167. The Bertz CT molecular complexity index is 1260. The van der Waals surface area contributed by atoms with Gasteiger partial charge in [0.25, 0.3) is 10.0 Å². The molecule has 0 spiro atoms. The van der Waals surface area contributed by atoms with Crippen LogP contribution in [0.25, 0.3) is 11.0 Å². The molecule has 0 bridgehead atoms. The lowest BCUT2D eigenvalue weighted by atomic mass is 10.2. The summed E-state index contributed by atoms with van der Waals surface area (Å²) in [5, 5.41) is 11.8. The minimum atomic E-state index is -3.94. The molecule has 1 N–H and O–H groups in total. The molecular weight excluding hydrogens is 385 g/mol. The fourth-order valence-corrected chi connectivity index (χ4v) is 4.28. The second kappa shape index (κ2) is 6.71. The number of aromatic nitrogens is 4. The summed E-state index contributed by atoms with van der Waals surface area (Å²) in [6, 6.07) is 10.7. The zero-order chi connectivity index (χ0) is 19.9. The molecule has 2 aromatic heterocycles. The number of fused-ring (bicyclic) bond motifs is 1. The molecule has 4 aromatic rings. The standard InChI is InChI=1S/C18H16FN5O3S/c1-11-17(12(2)24(20-11)10-13-6-8-14(19)9-7-13)23-28(25,26)16-5-3-4-15-18(16)22-27-21-15/h3-9,23H,10H2,1-2H3. The molecule has 0 aliphatic rings. The average Bonchev–Trinajstić information content (AvgIpc) is 3.24. The van der Waals surface area contributed by atoms with E-state index in [0.29, 0.717) is 29.1 Å². The number of hydrogen-bond acceptors (Lipinski definition) is 6. The number of rotatable bonds is 5. The summed E-state index contributed by atoms with van der Waals surface area (Å²) in [5.74, 6) is -0.318. The van der Waals surface area contributed by atoms with Crippen LogP contribution in [-0.2, 0) is 16.6 Å². The number of nitrogens with zero attached hydrogens (tertiary/aromatic N) is 4. The Balaban J connectivity index is 1.67. The van der Waals surface area contributed by atoms with Gasteiger partial charge in [0.15, 0.2) is 5.52 Å². The van der Waals surface area contributed by atoms with Crippen molar-refractivity contribution in [3.63, 3.8) is 0 Å². The van der Waals surface area contributed by atoms with Gasteiger partial charge in [0.1, 0.15) is 16.2 Å².